The second-order valence-corrected chi connectivity index (χ2v) is 17.5. The number of fused-ring (bicyclic) bond motifs is 16. The molecule has 55 heavy (non-hydrogen) atoms. The molecule has 2 aliphatic rings. The summed E-state index contributed by atoms with van der Waals surface area (Å²) in [5, 5.41) is 10.0. The van der Waals surface area contributed by atoms with Crippen molar-refractivity contribution in [1.82, 2.24) is 4.57 Å². The van der Waals surface area contributed by atoms with E-state index in [-0.39, 0.29) is 12.3 Å². The Hall–Kier alpha value is -6.30. The number of nitrogens with zero attached hydrogens (tertiary/aromatic N) is 2. The van der Waals surface area contributed by atoms with Crippen LogP contribution in [-0.4, -0.2) is 11.4 Å². The van der Waals surface area contributed by atoms with Crippen molar-refractivity contribution in [2.24, 2.45) is 0 Å². The van der Waals surface area contributed by atoms with E-state index in [2.05, 4.69) is 176 Å². The van der Waals surface area contributed by atoms with Crippen LogP contribution in [0, 0.1) is 0 Å². The maximum absolute atomic E-state index is 6.86. The van der Waals surface area contributed by atoms with E-state index < -0.39 is 0 Å². The van der Waals surface area contributed by atoms with Gasteiger partial charge in [-0.05, 0) is 63.7 Å². The van der Waals surface area contributed by atoms with Crippen LogP contribution < -0.4 is 15.7 Å². The summed E-state index contributed by atoms with van der Waals surface area (Å²) in [6.45, 7) is 6.88. The third kappa shape index (κ3) is 3.76. The minimum atomic E-state index is -0.0989. The zero-order valence-corrected chi connectivity index (χ0v) is 31.5. The van der Waals surface area contributed by atoms with Gasteiger partial charge in [0.2, 0.25) is 0 Å². The van der Waals surface area contributed by atoms with E-state index in [4.69, 9.17) is 4.42 Å². The lowest BCUT2D eigenvalue weighted by molar-refractivity contribution is 0.590. The summed E-state index contributed by atoms with van der Waals surface area (Å²) in [4.78, 5) is 2.62. The van der Waals surface area contributed by atoms with E-state index in [0.717, 1.165) is 27.6 Å². The summed E-state index contributed by atoms with van der Waals surface area (Å²) in [5.41, 5.74) is 14.6. The standard InChI is InChI=1S/C50H33BN2OS/c1-50(2,3)29-23-25-39-37(26-29)44-45-41(27-36-32-15-7-9-21-43(32)55-49(36)44)52-46-30-13-5-4-12-28(30)22-24-34(46)33-16-10-18-38(47(33)52)51(45)53(39)40-19-11-17-35-31-14-6-8-20-42(31)54-48(35)40/h4-27H,1-3H3. The van der Waals surface area contributed by atoms with Crippen molar-refractivity contribution in [2.45, 2.75) is 26.2 Å². The summed E-state index contributed by atoms with van der Waals surface area (Å²) < 4.78 is 12.2. The van der Waals surface area contributed by atoms with Crippen LogP contribution in [0.2, 0.25) is 0 Å². The van der Waals surface area contributed by atoms with Gasteiger partial charge in [0, 0.05) is 69.6 Å². The number of hydrogen-bond acceptors (Lipinski definition) is 3. The zero-order chi connectivity index (χ0) is 36.3. The van der Waals surface area contributed by atoms with E-state index in [9.17, 15) is 0 Å². The molecule has 0 unspecified atom stereocenters. The molecule has 0 radical (unpaired) electrons. The van der Waals surface area contributed by atoms with Crippen molar-refractivity contribution in [2.75, 3.05) is 4.81 Å². The summed E-state index contributed by atoms with van der Waals surface area (Å²) in [6.07, 6.45) is 0. The molecule has 3 nitrogen and oxygen atoms in total. The van der Waals surface area contributed by atoms with Crippen molar-refractivity contribution >= 4 is 115 Å². The molecule has 0 saturated carbocycles. The molecule has 0 aliphatic carbocycles. The quantitative estimate of drug-likeness (QED) is 0.158. The van der Waals surface area contributed by atoms with Crippen LogP contribution in [-0.2, 0) is 5.41 Å². The van der Waals surface area contributed by atoms with Crippen molar-refractivity contribution < 1.29 is 4.42 Å². The van der Waals surface area contributed by atoms with Gasteiger partial charge in [-0.1, -0.05) is 130 Å². The van der Waals surface area contributed by atoms with Gasteiger partial charge in [-0.25, -0.2) is 0 Å². The number of aromatic nitrogens is 1. The van der Waals surface area contributed by atoms with E-state index in [0.29, 0.717) is 0 Å². The lowest BCUT2D eigenvalue weighted by atomic mass is 9.44. The number of furan rings is 1. The van der Waals surface area contributed by atoms with Gasteiger partial charge in [-0.2, -0.15) is 0 Å². The van der Waals surface area contributed by atoms with Gasteiger partial charge >= 0.3 is 6.85 Å². The van der Waals surface area contributed by atoms with Crippen LogP contribution in [0.3, 0.4) is 0 Å². The molecule has 0 saturated heterocycles. The third-order valence-electron chi connectivity index (χ3n) is 12.5. The van der Waals surface area contributed by atoms with Crippen LogP contribution in [0.25, 0.3) is 91.5 Å². The molecule has 0 atom stereocenters. The molecule has 0 bridgehead atoms. The number of para-hydroxylation sites is 3. The number of anilines is 2. The molecule has 2 aliphatic heterocycles. The van der Waals surface area contributed by atoms with Crippen LogP contribution in [0.1, 0.15) is 26.3 Å². The maximum Gasteiger partial charge on any atom is 0.333 e. The molecule has 8 aromatic carbocycles. The number of rotatable bonds is 1. The Bertz CT molecular complexity index is 3500. The van der Waals surface area contributed by atoms with Crippen LogP contribution in [0.15, 0.2) is 150 Å². The van der Waals surface area contributed by atoms with Crippen LogP contribution in [0.4, 0.5) is 11.4 Å². The smallest absolute Gasteiger partial charge is 0.333 e. The average molecular weight is 721 g/mol. The highest BCUT2D eigenvalue weighted by Crippen LogP contribution is 2.52. The first-order chi connectivity index (χ1) is 26.9. The Labute approximate surface area is 321 Å². The molecular weight excluding hydrogens is 687 g/mol. The van der Waals surface area contributed by atoms with E-state index in [1.807, 2.05) is 11.3 Å². The molecule has 0 fully saturated rings. The van der Waals surface area contributed by atoms with Crippen LogP contribution in [0.5, 0.6) is 0 Å². The summed E-state index contributed by atoms with van der Waals surface area (Å²) >= 11 is 1.94. The number of hydrogen-bond donors (Lipinski definition) is 0. The van der Waals surface area contributed by atoms with Crippen molar-refractivity contribution in [3.8, 4) is 16.8 Å². The van der Waals surface area contributed by atoms with Gasteiger partial charge in [-0.3, -0.25) is 0 Å². The normalized spacial score (nSPS) is 13.7. The van der Waals surface area contributed by atoms with Gasteiger partial charge in [0.25, 0.3) is 0 Å². The monoisotopic (exact) mass is 720 g/mol. The van der Waals surface area contributed by atoms with E-state index >= 15 is 0 Å². The van der Waals surface area contributed by atoms with E-state index in [1.165, 1.54) is 91.7 Å². The molecular formula is C50H33BN2OS. The van der Waals surface area contributed by atoms with Crippen molar-refractivity contribution in [1.29, 1.82) is 0 Å². The molecule has 3 aromatic heterocycles. The van der Waals surface area contributed by atoms with E-state index in [1.54, 1.807) is 0 Å². The zero-order valence-electron chi connectivity index (χ0n) is 30.6. The fraction of sp³-hybridized carbons (Fsp3) is 0.0800. The number of thiophene rings is 1. The molecule has 258 valence electrons. The topological polar surface area (TPSA) is 21.3 Å². The first kappa shape index (κ1) is 30.1. The largest absolute Gasteiger partial charge is 0.454 e. The Balaban J connectivity index is 1.28. The highest BCUT2D eigenvalue weighted by atomic mass is 32.1. The predicted octanol–water partition coefficient (Wildman–Crippen LogP) is 12.7. The fourth-order valence-electron chi connectivity index (χ4n) is 10.1. The van der Waals surface area contributed by atoms with Gasteiger partial charge in [0.15, 0.2) is 5.58 Å². The minimum absolute atomic E-state index is 0.0299. The molecule has 5 heteroatoms. The lowest BCUT2D eigenvalue weighted by Gasteiger charge is -2.42. The van der Waals surface area contributed by atoms with Crippen molar-refractivity contribution in [3.63, 3.8) is 0 Å². The first-order valence-corrected chi connectivity index (χ1v) is 20.0. The van der Waals surface area contributed by atoms with Gasteiger partial charge in [0.1, 0.15) is 5.58 Å². The second-order valence-electron chi connectivity index (χ2n) is 16.4. The van der Waals surface area contributed by atoms with Gasteiger partial charge < -0.3 is 13.8 Å². The maximum atomic E-state index is 6.86. The molecule has 0 spiro atoms. The van der Waals surface area contributed by atoms with Crippen molar-refractivity contribution in [3.05, 3.63) is 151 Å². The Morgan fingerprint density at radius 2 is 1.31 bits per heavy atom. The fourth-order valence-corrected chi connectivity index (χ4v) is 11.3. The lowest BCUT2D eigenvalue weighted by Crippen LogP contribution is -2.60. The SMILES string of the molecule is CC(C)(C)c1ccc2c(c1)-c1c3c(cc4c1sc1ccccc14)-n1c4c(cccc4c4ccc5ccccc5c41)B3N2c1cccc2c1oc1ccccc12. The predicted molar refractivity (Wildman–Crippen MR) is 236 cm³/mol. The molecule has 0 amide bonds. The Kier molecular flexibility index (Phi) is 5.61. The highest BCUT2D eigenvalue weighted by molar-refractivity contribution is 7.26. The average Bonchev–Trinajstić information content (AvgIpc) is 3.89. The summed E-state index contributed by atoms with van der Waals surface area (Å²) in [5.74, 6) is 0. The Morgan fingerprint density at radius 1 is 0.564 bits per heavy atom. The van der Waals surface area contributed by atoms with Gasteiger partial charge in [0.05, 0.1) is 16.7 Å². The second kappa shape index (κ2) is 10.3. The number of benzene rings is 8. The minimum Gasteiger partial charge on any atom is -0.454 e. The van der Waals surface area contributed by atoms with Crippen LogP contribution >= 0.6 is 11.3 Å². The molecule has 13 rings (SSSR count). The Morgan fingerprint density at radius 3 is 2.20 bits per heavy atom. The summed E-state index contributed by atoms with van der Waals surface area (Å²) in [7, 11) is 0. The summed E-state index contributed by atoms with van der Waals surface area (Å²) in [6, 6.07) is 54.4. The van der Waals surface area contributed by atoms with Gasteiger partial charge in [-0.15, -0.1) is 11.3 Å². The molecule has 5 heterocycles. The third-order valence-corrected chi connectivity index (χ3v) is 13.7. The molecule has 0 N–H and O–H groups in total. The first-order valence-electron chi connectivity index (χ1n) is 19.2. The highest BCUT2D eigenvalue weighted by Gasteiger charge is 2.46. The molecule has 11 aromatic rings.